The van der Waals surface area contributed by atoms with Crippen molar-refractivity contribution in [3.05, 3.63) is 88.7 Å². The molecule has 1 aromatic heterocycles. The van der Waals surface area contributed by atoms with Crippen molar-refractivity contribution in [1.82, 2.24) is 30.8 Å². The van der Waals surface area contributed by atoms with Gasteiger partial charge in [-0.05, 0) is 33.0 Å². The summed E-state index contributed by atoms with van der Waals surface area (Å²) in [5, 5.41) is 20.7. The maximum absolute atomic E-state index is 10.9. The van der Waals surface area contributed by atoms with E-state index in [9.17, 15) is 10.1 Å². The number of allylic oxidation sites excluding steroid dienone is 1. The number of aliphatic imine (C=N–C) groups is 1. The van der Waals surface area contributed by atoms with Crippen molar-refractivity contribution in [3.63, 3.8) is 0 Å². The van der Waals surface area contributed by atoms with E-state index in [1.807, 2.05) is 38.4 Å². The molecule has 5 N–H and O–H groups in total. The van der Waals surface area contributed by atoms with Gasteiger partial charge in [-0.25, -0.2) is 19.9 Å². The molecule has 0 radical (unpaired) electrons. The van der Waals surface area contributed by atoms with Crippen molar-refractivity contribution < 1.29 is 4.92 Å². The first-order chi connectivity index (χ1) is 20.4. The van der Waals surface area contributed by atoms with E-state index in [4.69, 9.17) is 5.73 Å². The number of nitrogens with one attached hydrogen (secondary N) is 3. The highest BCUT2D eigenvalue weighted by molar-refractivity contribution is 5.86. The number of hydrogen-bond donors (Lipinski definition) is 4. The number of halogens is 3. The molecule has 3 unspecified atom stereocenters. The molecule has 3 atom stereocenters. The summed E-state index contributed by atoms with van der Waals surface area (Å²) >= 11 is 0. The summed E-state index contributed by atoms with van der Waals surface area (Å²) in [5.74, 6) is -0.00747. The summed E-state index contributed by atoms with van der Waals surface area (Å²) in [6, 6.07) is 19.7. The van der Waals surface area contributed by atoms with Gasteiger partial charge in [0.15, 0.2) is 0 Å². The molecule has 3 aromatic rings. The van der Waals surface area contributed by atoms with Gasteiger partial charge in [0.2, 0.25) is 5.91 Å². The Bertz CT molecular complexity index is 1450. The van der Waals surface area contributed by atoms with E-state index in [1.54, 1.807) is 24.7 Å². The lowest BCUT2D eigenvalue weighted by atomic mass is 10.1. The molecule has 0 spiro atoms. The van der Waals surface area contributed by atoms with Crippen LogP contribution in [0.1, 0.15) is 18.4 Å². The Morgan fingerprint density at radius 2 is 1.62 bits per heavy atom. The highest BCUT2D eigenvalue weighted by atomic mass is 35.5. The molecule has 2 saturated heterocycles. The predicted molar refractivity (Wildman–Crippen MR) is 188 cm³/mol. The summed E-state index contributed by atoms with van der Waals surface area (Å²) < 4.78 is 0. The molecule has 244 valence electrons. The molecule has 12 nitrogen and oxygen atoms in total. The summed E-state index contributed by atoms with van der Waals surface area (Å²) in [6.45, 7) is 3.69. The molecule has 0 aliphatic carbocycles. The second-order valence-corrected chi connectivity index (χ2v) is 10.6. The SMILES string of the molecule is CNC1CCN(C2(N)N=CC=C(c3cccc([N+](=O)[O-])c3)N2)C1.CNC1CCN(c2cc(-c3ccccc3)ncn2)C1.Cl.Cl.Cl. The van der Waals surface area contributed by atoms with Crippen LogP contribution in [-0.4, -0.2) is 84.3 Å². The Balaban J connectivity index is 0.000000298. The minimum Gasteiger partial charge on any atom is -0.355 e. The molecule has 3 aliphatic heterocycles. The Morgan fingerprint density at radius 1 is 0.933 bits per heavy atom. The van der Waals surface area contributed by atoms with Crippen molar-refractivity contribution in [2.45, 2.75) is 30.8 Å². The van der Waals surface area contributed by atoms with Gasteiger partial charge in [-0.1, -0.05) is 42.5 Å². The van der Waals surface area contributed by atoms with Gasteiger partial charge in [0.05, 0.1) is 10.6 Å². The number of nitrogens with zero attached hydrogens (tertiary/aromatic N) is 6. The molecule has 0 bridgehead atoms. The van der Waals surface area contributed by atoms with Crippen molar-refractivity contribution in [1.29, 1.82) is 0 Å². The highest BCUT2D eigenvalue weighted by Crippen LogP contribution is 2.26. The molecule has 4 heterocycles. The average Bonchev–Trinajstić information content (AvgIpc) is 3.73. The lowest BCUT2D eigenvalue weighted by Crippen LogP contribution is -2.64. The van der Waals surface area contributed by atoms with E-state index >= 15 is 0 Å². The third-order valence-electron chi connectivity index (χ3n) is 7.92. The largest absolute Gasteiger partial charge is 0.355 e. The molecular formula is C30H41Cl3N10O2. The molecule has 0 amide bonds. The van der Waals surface area contributed by atoms with Crippen LogP contribution in [0.25, 0.3) is 17.0 Å². The van der Waals surface area contributed by atoms with Gasteiger partial charge in [0.1, 0.15) is 12.1 Å². The standard InChI is InChI=1S/C15H20N6O2.C15H18N4.3ClH/c1-17-12-6-8-20(10-12)15(16)18-7-5-14(19-15)11-3-2-4-13(9-11)21(22)23;1-16-13-7-8-19(10-13)15-9-14(17-11-18-15)12-5-3-2-4-6-12;;;/h2-5,7,9,12,17,19H,6,8,10,16H2,1H3;2-6,9,11,13,16H,7-8,10H2,1H3;3*1H. The third-order valence-corrected chi connectivity index (χ3v) is 7.92. The maximum Gasteiger partial charge on any atom is 0.270 e. The fourth-order valence-electron chi connectivity index (χ4n) is 5.41. The number of nitro benzene ring substituents is 1. The van der Waals surface area contributed by atoms with Crippen LogP contribution in [0.15, 0.2) is 78.1 Å². The molecule has 6 rings (SSSR count). The van der Waals surface area contributed by atoms with Crippen LogP contribution in [0.2, 0.25) is 0 Å². The molecule has 2 aromatic carbocycles. The van der Waals surface area contributed by atoms with Crippen molar-refractivity contribution in [3.8, 4) is 11.3 Å². The smallest absolute Gasteiger partial charge is 0.270 e. The summed E-state index contributed by atoms with van der Waals surface area (Å²) in [7, 11) is 3.95. The number of aromatic nitrogens is 2. The molecule has 45 heavy (non-hydrogen) atoms. The van der Waals surface area contributed by atoms with Gasteiger partial charge in [-0.3, -0.25) is 15.8 Å². The Labute approximate surface area is 282 Å². The fraction of sp³-hybridized carbons (Fsp3) is 0.367. The number of rotatable bonds is 7. The Morgan fingerprint density at radius 3 is 2.29 bits per heavy atom. The lowest BCUT2D eigenvalue weighted by Gasteiger charge is -2.38. The number of likely N-dealkylation sites (N-methyl/N-ethyl adjacent to an activating group) is 2. The predicted octanol–water partition coefficient (Wildman–Crippen LogP) is 3.68. The van der Waals surface area contributed by atoms with Gasteiger partial charge in [0.25, 0.3) is 5.69 Å². The van der Waals surface area contributed by atoms with E-state index in [2.05, 4.69) is 58.9 Å². The number of nitrogens with two attached hydrogens (primary N) is 1. The average molecular weight is 680 g/mol. The normalized spacial score (nSPS) is 22.0. The topological polar surface area (TPSA) is 150 Å². The summed E-state index contributed by atoms with van der Waals surface area (Å²) in [5.41, 5.74) is 10.0. The third kappa shape index (κ3) is 9.33. The number of hydrogen-bond acceptors (Lipinski definition) is 11. The molecule has 15 heteroatoms. The van der Waals surface area contributed by atoms with Crippen molar-refractivity contribution in [2.75, 3.05) is 45.2 Å². The molecular weight excluding hydrogens is 639 g/mol. The first kappa shape index (κ1) is 37.8. The molecule has 3 aliphatic rings. The minimum atomic E-state index is -1.03. The first-order valence-electron chi connectivity index (χ1n) is 14.2. The van der Waals surface area contributed by atoms with Crippen LogP contribution in [0, 0.1) is 10.1 Å². The van der Waals surface area contributed by atoms with Crippen LogP contribution >= 0.6 is 37.2 Å². The highest BCUT2D eigenvalue weighted by Gasteiger charge is 2.38. The van der Waals surface area contributed by atoms with Gasteiger partial charge < -0.3 is 20.9 Å². The minimum absolute atomic E-state index is 0. The summed E-state index contributed by atoms with van der Waals surface area (Å²) in [6.07, 6.45) is 7.25. The maximum atomic E-state index is 10.9. The lowest BCUT2D eigenvalue weighted by molar-refractivity contribution is -0.384. The first-order valence-corrected chi connectivity index (χ1v) is 14.2. The number of benzene rings is 2. The zero-order chi connectivity index (χ0) is 29.5. The van der Waals surface area contributed by atoms with E-state index in [-0.39, 0.29) is 42.9 Å². The molecule has 2 fully saturated rings. The van der Waals surface area contributed by atoms with Crippen molar-refractivity contribution >= 4 is 60.6 Å². The van der Waals surface area contributed by atoms with E-state index in [0.29, 0.717) is 17.6 Å². The number of likely N-dealkylation sites (tertiary alicyclic amines) is 1. The van der Waals surface area contributed by atoms with E-state index < -0.39 is 10.8 Å². The zero-order valence-corrected chi connectivity index (χ0v) is 27.7. The molecule has 0 saturated carbocycles. The van der Waals surface area contributed by atoms with Gasteiger partial charge in [0, 0.05) is 79.5 Å². The van der Waals surface area contributed by atoms with Gasteiger partial charge >= 0.3 is 0 Å². The number of non-ortho nitro benzene ring substituents is 1. The van der Waals surface area contributed by atoms with Crippen LogP contribution in [0.3, 0.4) is 0 Å². The number of nitro groups is 1. The van der Waals surface area contributed by atoms with E-state index in [0.717, 1.165) is 55.4 Å². The monoisotopic (exact) mass is 678 g/mol. The van der Waals surface area contributed by atoms with Crippen LogP contribution in [-0.2, 0) is 0 Å². The fourth-order valence-corrected chi connectivity index (χ4v) is 5.41. The second-order valence-electron chi connectivity index (χ2n) is 10.6. The van der Waals surface area contributed by atoms with Crippen LogP contribution in [0.5, 0.6) is 0 Å². The van der Waals surface area contributed by atoms with Crippen molar-refractivity contribution in [2.24, 2.45) is 10.7 Å². The number of anilines is 1. The van der Waals surface area contributed by atoms with Crippen LogP contribution < -0.4 is 26.6 Å². The van der Waals surface area contributed by atoms with Gasteiger partial charge in [-0.2, -0.15) is 0 Å². The quantitative estimate of drug-likeness (QED) is 0.215. The summed E-state index contributed by atoms with van der Waals surface area (Å²) in [4.78, 5) is 28.1. The zero-order valence-electron chi connectivity index (χ0n) is 25.2. The Hall–Kier alpha value is -3.36. The Kier molecular flexibility index (Phi) is 14.6. The van der Waals surface area contributed by atoms with Gasteiger partial charge in [-0.15, -0.1) is 37.2 Å². The van der Waals surface area contributed by atoms with Crippen LogP contribution in [0.4, 0.5) is 11.5 Å². The van der Waals surface area contributed by atoms with E-state index in [1.165, 1.54) is 18.6 Å². The second kappa shape index (κ2) is 17.4.